The summed E-state index contributed by atoms with van der Waals surface area (Å²) in [7, 11) is 0. The summed E-state index contributed by atoms with van der Waals surface area (Å²) in [6.07, 6.45) is 0.368. The van der Waals surface area contributed by atoms with Gasteiger partial charge in [0.1, 0.15) is 5.54 Å². The third-order valence-corrected chi connectivity index (χ3v) is 3.67. The lowest BCUT2D eigenvalue weighted by Gasteiger charge is -2.27. The van der Waals surface area contributed by atoms with E-state index in [1.165, 1.54) is 0 Å². The van der Waals surface area contributed by atoms with Crippen molar-refractivity contribution in [2.24, 2.45) is 0 Å². The Morgan fingerprint density at radius 1 is 1.14 bits per heavy atom. The first-order valence-corrected chi connectivity index (χ1v) is 7.09. The van der Waals surface area contributed by atoms with Gasteiger partial charge in [-0.1, -0.05) is 41.4 Å². The normalized spacial score (nSPS) is 13.5. The summed E-state index contributed by atoms with van der Waals surface area (Å²) in [5, 5.41) is 13.3. The van der Waals surface area contributed by atoms with E-state index in [9.17, 15) is 9.90 Å². The number of hydrogen-bond acceptors (Lipinski definition) is 2. The zero-order valence-corrected chi connectivity index (χ0v) is 12.8. The van der Waals surface area contributed by atoms with Crippen molar-refractivity contribution in [2.45, 2.75) is 25.8 Å². The van der Waals surface area contributed by atoms with Gasteiger partial charge in [0, 0.05) is 17.1 Å². The number of hydrogen-bond donors (Lipinski definition) is 2. The van der Waals surface area contributed by atoms with Gasteiger partial charge >= 0.3 is 5.97 Å². The van der Waals surface area contributed by atoms with Gasteiger partial charge in [-0.3, -0.25) is 0 Å². The standard InChI is InChI=1S/C17H18ClNO2/c1-12-3-9-15(10-4-12)19-17(2,16(20)21)11-13-5-7-14(18)8-6-13/h3-10,19H,11H2,1-2H3,(H,20,21). The van der Waals surface area contributed by atoms with E-state index in [2.05, 4.69) is 5.32 Å². The van der Waals surface area contributed by atoms with Crippen LogP contribution in [0.3, 0.4) is 0 Å². The van der Waals surface area contributed by atoms with Crippen LogP contribution >= 0.6 is 11.6 Å². The number of anilines is 1. The van der Waals surface area contributed by atoms with Crippen LogP contribution < -0.4 is 5.32 Å². The summed E-state index contributed by atoms with van der Waals surface area (Å²) in [6, 6.07) is 14.9. The molecule has 0 aliphatic rings. The molecule has 0 spiro atoms. The van der Waals surface area contributed by atoms with Gasteiger partial charge in [-0.2, -0.15) is 0 Å². The molecule has 0 saturated carbocycles. The predicted molar refractivity (Wildman–Crippen MR) is 86.0 cm³/mol. The molecule has 1 unspecified atom stereocenters. The molecule has 0 aromatic heterocycles. The minimum atomic E-state index is -1.08. The number of carbonyl (C=O) groups is 1. The fraction of sp³-hybridized carbons (Fsp3) is 0.235. The van der Waals surface area contributed by atoms with Crippen LogP contribution in [-0.4, -0.2) is 16.6 Å². The smallest absolute Gasteiger partial charge is 0.329 e. The van der Waals surface area contributed by atoms with E-state index in [-0.39, 0.29) is 0 Å². The van der Waals surface area contributed by atoms with Gasteiger partial charge in [0.15, 0.2) is 0 Å². The zero-order valence-electron chi connectivity index (χ0n) is 12.1. The molecular formula is C17H18ClNO2. The fourth-order valence-corrected chi connectivity index (χ4v) is 2.27. The van der Waals surface area contributed by atoms with Gasteiger partial charge in [-0.25, -0.2) is 4.79 Å². The van der Waals surface area contributed by atoms with E-state index in [0.717, 1.165) is 16.8 Å². The van der Waals surface area contributed by atoms with Crippen LogP contribution in [0.4, 0.5) is 5.69 Å². The van der Waals surface area contributed by atoms with Gasteiger partial charge in [-0.05, 0) is 43.7 Å². The van der Waals surface area contributed by atoms with Crippen molar-refractivity contribution in [3.8, 4) is 0 Å². The third-order valence-electron chi connectivity index (χ3n) is 3.41. The molecule has 21 heavy (non-hydrogen) atoms. The van der Waals surface area contributed by atoms with Gasteiger partial charge in [0.05, 0.1) is 0 Å². The molecule has 0 heterocycles. The Labute approximate surface area is 129 Å². The quantitative estimate of drug-likeness (QED) is 0.872. The van der Waals surface area contributed by atoms with Crippen LogP contribution in [0.2, 0.25) is 5.02 Å². The van der Waals surface area contributed by atoms with E-state index in [0.29, 0.717) is 11.4 Å². The van der Waals surface area contributed by atoms with Crippen molar-refractivity contribution in [3.63, 3.8) is 0 Å². The molecule has 2 rings (SSSR count). The number of carboxylic acid groups (broad SMARTS) is 1. The first-order chi connectivity index (χ1) is 9.89. The zero-order chi connectivity index (χ0) is 15.5. The molecule has 3 nitrogen and oxygen atoms in total. The Balaban J connectivity index is 2.21. The van der Waals surface area contributed by atoms with Crippen LogP contribution in [0.15, 0.2) is 48.5 Å². The highest BCUT2D eigenvalue weighted by Crippen LogP contribution is 2.22. The van der Waals surface area contributed by atoms with Crippen molar-refractivity contribution in [1.29, 1.82) is 0 Å². The largest absolute Gasteiger partial charge is 0.480 e. The number of halogens is 1. The number of rotatable bonds is 5. The molecule has 110 valence electrons. The van der Waals surface area contributed by atoms with Gasteiger partial charge in [0.25, 0.3) is 0 Å². The highest BCUT2D eigenvalue weighted by molar-refractivity contribution is 6.30. The number of aryl methyl sites for hydroxylation is 1. The average Bonchev–Trinajstić information content (AvgIpc) is 2.44. The number of carboxylic acids is 1. The van der Waals surface area contributed by atoms with E-state index >= 15 is 0 Å². The Bertz CT molecular complexity index is 573. The first kappa shape index (κ1) is 15.4. The minimum Gasteiger partial charge on any atom is -0.480 e. The number of benzene rings is 2. The lowest BCUT2D eigenvalue weighted by atomic mass is 9.92. The maximum Gasteiger partial charge on any atom is 0.329 e. The van der Waals surface area contributed by atoms with Crippen LogP contribution in [0.5, 0.6) is 0 Å². The highest BCUT2D eigenvalue weighted by Gasteiger charge is 2.33. The van der Waals surface area contributed by atoms with Crippen LogP contribution in [-0.2, 0) is 11.2 Å². The van der Waals surface area contributed by atoms with Gasteiger partial charge < -0.3 is 10.4 Å². The first-order valence-electron chi connectivity index (χ1n) is 6.72. The molecule has 0 aliphatic heterocycles. The molecule has 1 atom stereocenters. The maximum absolute atomic E-state index is 11.7. The molecule has 0 fully saturated rings. The van der Waals surface area contributed by atoms with Crippen LogP contribution in [0.25, 0.3) is 0 Å². The summed E-state index contributed by atoms with van der Waals surface area (Å²) in [4.78, 5) is 11.7. The minimum absolute atomic E-state index is 0.368. The van der Waals surface area contributed by atoms with E-state index < -0.39 is 11.5 Å². The lowest BCUT2D eigenvalue weighted by Crippen LogP contribution is -2.45. The molecule has 0 saturated heterocycles. The number of aliphatic carboxylic acids is 1. The summed E-state index contributed by atoms with van der Waals surface area (Å²) >= 11 is 5.86. The predicted octanol–water partition coefficient (Wildman–Crippen LogP) is 4.15. The van der Waals surface area contributed by atoms with Crippen LogP contribution in [0, 0.1) is 6.92 Å². The third kappa shape index (κ3) is 3.99. The molecule has 0 bridgehead atoms. The molecule has 0 radical (unpaired) electrons. The molecule has 2 aromatic rings. The van der Waals surface area contributed by atoms with Crippen molar-refractivity contribution < 1.29 is 9.90 Å². The molecule has 2 aromatic carbocycles. The maximum atomic E-state index is 11.7. The van der Waals surface area contributed by atoms with Gasteiger partial charge in [-0.15, -0.1) is 0 Å². The fourth-order valence-electron chi connectivity index (χ4n) is 2.14. The summed E-state index contributed by atoms with van der Waals surface area (Å²) in [5.74, 6) is -0.891. The summed E-state index contributed by atoms with van der Waals surface area (Å²) < 4.78 is 0. The van der Waals surface area contributed by atoms with Gasteiger partial charge in [0.2, 0.25) is 0 Å². The Kier molecular flexibility index (Phi) is 4.53. The Morgan fingerprint density at radius 2 is 1.71 bits per heavy atom. The average molecular weight is 304 g/mol. The Hall–Kier alpha value is -2.00. The van der Waals surface area contributed by atoms with Crippen molar-refractivity contribution in [3.05, 3.63) is 64.7 Å². The second-order valence-corrected chi connectivity index (χ2v) is 5.87. The lowest BCUT2D eigenvalue weighted by molar-refractivity contribution is -0.141. The Morgan fingerprint density at radius 3 is 2.24 bits per heavy atom. The topological polar surface area (TPSA) is 49.3 Å². The van der Waals surface area contributed by atoms with Crippen molar-refractivity contribution in [2.75, 3.05) is 5.32 Å². The number of nitrogens with one attached hydrogen (secondary N) is 1. The van der Waals surface area contributed by atoms with Crippen molar-refractivity contribution in [1.82, 2.24) is 0 Å². The van der Waals surface area contributed by atoms with E-state index in [1.54, 1.807) is 19.1 Å². The highest BCUT2D eigenvalue weighted by atomic mass is 35.5. The molecule has 4 heteroatoms. The SMILES string of the molecule is Cc1ccc(NC(C)(Cc2ccc(Cl)cc2)C(=O)O)cc1. The van der Waals surface area contributed by atoms with Crippen molar-refractivity contribution >= 4 is 23.3 Å². The molecular weight excluding hydrogens is 286 g/mol. The molecule has 2 N–H and O–H groups in total. The molecule has 0 aliphatic carbocycles. The monoisotopic (exact) mass is 303 g/mol. The second kappa shape index (κ2) is 6.19. The second-order valence-electron chi connectivity index (χ2n) is 5.43. The van der Waals surface area contributed by atoms with Crippen LogP contribution in [0.1, 0.15) is 18.1 Å². The van der Waals surface area contributed by atoms with E-state index in [4.69, 9.17) is 11.6 Å². The summed E-state index contributed by atoms with van der Waals surface area (Å²) in [6.45, 7) is 3.68. The molecule has 0 amide bonds. The van der Waals surface area contributed by atoms with E-state index in [1.807, 2.05) is 43.3 Å². The summed E-state index contributed by atoms with van der Waals surface area (Å²) in [5.41, 5.74) is 1.77.